The van der Waals surface area contributed by atoms with Gasteiger partial charge in [0.05, 0.1) is 0 Å². The zero-order chi connectivity index (χ0) is 12.4. The summed E-state index contributed by atoms with van der Waals surface area (Å²) in [7, 11) is 0. The summed E-state index contributed by atoms with van der Waals surface area (Å²) in [5.74, 6) is 0. The predicted octanol–water partition coefficient (Wildman–Crippen LogP) is 2.91. The van der Waals surface area contributed by atoms with E-state index in [9.17, 15) is 0 Å². The van der Waals surface area contributed by atoms with Gasteiger partial charge in [-0.05, 0) is 38.9 Å². The van der Waals surface area contributed by atoms with Crippen LogP contribution in [0, 0.1) is 6.92 Å². The van der Waals surface area contributed by atoms with E-state index in [2.05, 4.69) is 61.8 Å². The van der Waals surface area contributed by atoms with Crippen LogP contribution in [-0.4, -0.2) is 36.6 Å². The molecular weight excluding hydrogens is 208 g/mol. The van der Waals surface area contributed by atoms with E-state index in [4.69, 9.17) is 0 Å². The zero-order valence-corrected chi connectivity index (χ0v) is 11.5. The molecule has 0 unspecified atom stereocenters. The van der Waals surface area contributed by atoms with Crippen molar-refractivity contribution < 1.29 is 0 Å². The minimum Gasteiger partial charge on any atom is -0.366 e. The first-order valence-corrected chi connectivity index (χ1v) is 6.69. The average molecular weight is 232 g/mol. The molecule has 1 aromatic rings. The Morgan fingerprint density at radius 2 is 1.82 bits per heavy atom. The zero-order valence-electron chi connectivity index (χ0n) is 11.5. The highest BCUT2D eigenvalue weighted by Gasteiger charge is 2.28. The lowest BCUT2D eigenvalue weighted by Gasteiger charge is -2.45. The summed E-state index contributed by atoms with van der Waals surface area (Å²) in [4.78, 5) is 5.13. The quantitative estimate of drug-likeness (QED) is 0.773. The number of piperazine rings is 1. The van der Waals surface area contributed by atoms with Gasteiger partial charge in [-0.1, -0.05) is 25.1 Å². The maximum absolute atomic E-state index is 2.57. The van der Waals surface area contributed by atoms with Crippen LogP contribution in [-0.2, 0) is 0 Å². The highest BCUT2D eigenvalue weighted by atomic mass is 15.3. The largest absolute Gasteiger partial charge is 0.366 e. The van der Waals surface area contributed by atoms with Crippen LogP contribution in [0.1, 0.15) is 26.3 Å². The average Bonchev–Trinajstić information content (AvgIpc) is 2.32. The molecule has 0 aromatic heterocycles. The topological polar surface area (TPSA) is 6.48 Å². The summed E-state index contributed by atoms with van der Waals surface area (Å²) in [6, 6.07) is 9.98. The summed E-state index contributed by atoms with van der Waals surface area (Å²) in [6.45, 7) is 12.6. The lowest BCUT2D eigenvalue weighted by Crippen LogP contribution is -2.56. The minimum atomic E-state index is 0.604. The van der Waals surface area contributed by atoms with Crippen molar-refractivity contribution in [3.63, 3.8) is 0 Å². The number of benzene rings is 1. The van der Waals surface area contributed by atoms with E-state index in [1.54, 1.807) is 0 Å². The van der Waals surface area contributed by atoms with Crippen LogP contribution in [0.15, 0.2) is 24.3 Å². The summed E-state index contributed by atoms with van der Waals surface area (Å²) in [5.41, 5.74) is 2.79. The third kappa shape index (κ3) is 2.47. The van der Waals surface area contributed by atoms with Gasteiger partial charge in [-0.15, -0.1) is 0 Å². The van der Waals surface area contributed by atoms with Gasteiger partial charge in [0.25, 0.3) is 0 Å². The molecule has 2 heteroatoms. The van der Waals surface area contributed by atoms with Crippen molar-refractivity contribution in [2.24, 2.45) is 0 Å². The first-order valence-electron chi connectivity index (χ1n) is 6.69. The molecule has 0 amide bonds. The van der Waals surface area contributed by atoms with E-state index in [1.807, 2.05) is 0 Å². The number of anilines is 1. The molecule has 1 heterocycles. The van der Waals surface area contributed by atoms with Crippen LogP contribution in [0.5, 0.6) is 0 Å². The molecule has 1 fully saturated rings. The Morgan fingerprint density at radius 3 is 2.47 bits per heavy atom. The first-order chi connectivity index (χ1) is 8.13. The Labute approximate surface area is 105 Å². The van der Waals surface area contributed by atoms with E-state index < -0.39 is 0 Å². The Morgan fingerprint density at radius 1 is 1.12 bits per heavy atom. The molecule has 0 N–H and O–H groups in total. The normalized spacial score (nSPS) is 26.2. The molecule has 94 valence electrons. The summed E-state index contributed by atoms with van der Waals surface area (Å²) in [5, 5.41) is 0. The molecule has 2 nitrogen and oxygen atoms in total. The van der Waals surface area contributed by atoms with Crippen LogP contribution >= 0.6 is 0 Å². The van der Waals surface area contributed by atoms with Gasteiger partial charge in [-0.25, -0.2) is 0 Å². The molecule has 1 aromatic carbocycles. The Bertz CT molecular complexity index is 375. The van der Waals surface area contributed by atoms with Crippen LogP contribution in [0.2, 0.25) is 0 Å². The molecule has 17 heavy (non-hydrogen) atoms. The van der Waals surface area contributed by atoms with Crippen molar-refractivity contribution in [1.29, 1.82) is 0 Å². The van der Waals surface area contributed by atoms with Crippen molar-refractivity contribution in [2.45, 2.75) is 39.8 Å². The number of aryl methyl sites for hydroxylation is 1. The number of hydrogen-bond donors (Lipinski definition) is 0. The van der Waals surface area contributed by atoms with Crippen LogP contribution < -0.4 is 4.90 Å². The molecule has 2 rings (SSSR count). The number of likely N-dealkylation sites (N-methyl/N-ethyl adjacent to an activating group) is 1. The van der Waals surface area contributed by atoms with Crippen LogP contribution in [0.3, 0.4) is 0 Å². The molecule has 0 bridgehead atoms. The fourth-order valence-electron chi connectivity index (χ4n) is 2.86. The second-order valence-electron chi connectivity index (χ2n) is 5.22. The van der Waals surface area contributed by atoms with E-state index in [1.165, 1.54) is 17.8 Å². The molecule has 2 atom stereocenters. The number of rotatable bonds is 2. The van der Waals surface area contributed by atoms with Crippen molar-refractivity contribution in [2.75, 3.05) is 24.5 Å². The highest BCUT2D eigenvalue weighted by molar-refractivity contribution is 5.54. The summed E-state index contributed by atoms with van der Waals surface area (Å²) < 4.78 is 0. The Hall–Kier alpha value is -1.02. The standard InChI is InChI=1S/C15H24N2/c1-5-16-10-14(4)17(11-13(16)3)15-9-7-6-8-12(15)2/h6-9,13-14H,5,10-11H2,1-4H3/t13-,14+/m1/s1. The smallest absolute Gasteiger partial charge is 0.0399 e. The van der Waals surface area contributed by atoms with Crippen LogP contribution in [0.4, 0.5) is 5.69 Å². The van der Waals surface area contributed by atoms with Gasteiger partial charge in [-0.2, -0.15) is 0 Å². The van der Waals surface area contributed by atoms with Crippen molar-refractivity contribution in [3.05, 3.63) is 29.8 Å². The maximum atomic E-state index is 2.57. The fourth-order valence-corrected chi connectivity index (χ4v) is 2.86. The summed E-state index contributed by atoms with van der Waals surface area (Å²) >= 11 is 0. The molecule has 0 saturated carbocycles. The van der Waals surface area contributed by atoms with Gasteiger partial charge in [0.15, 0.2) is 0 Å². The molecule has 1 aliphatic heterocycles. The molecule has 0 spiro atoms. The van der Waals surface area contributed by atoms with Gasteiger partial charge in [0.1, 0.15) is 0 Å². The Balaban J connectivity index is 2.20. The molecule has 0 aliphatic carbocycles. The Kier molecular flexibility index (Phi) is 3.72. The second-order valence-corrected chi connectivity index (χ2v) is 5.22. The monoisotopic (exact) mass is 232 g/mol. The molecule has 1 saturated heterocycles. The lowest BCUT2D eigenvalue weighted by molar-refractivity contribution is 0.175. The number of para-hydroxylation sites is 1. The van der Waals surface area contributed by atoms with Gasteiger partial charge in [0, 0.05) is 30.9 Å². The van der Waals surface area contributed by atoms with E-state index in [-0.39, 0.29) is 0 Å². The first kappa shape index (κ1) is 12.4. The third-order valence-electron chi connectivity index (χ3n) is 3.95. The van der Waals surface area contributed by atoms with Crippen LogP contribution in [0.25, 0.3) is 0 Å². The van der Waals surface area contributed by atoms with Crippen molar-refractivity contribution in [1.82, 2.24) is 4.90 Å². The third-order valence-corrected chi connectivity index (χ3v) is 3.95. The molecule has 1 aliphatic rings. The van der Waals surface area contributed by atoms with Gasteiger partial charge in [0.2, 0.25) is 0 Å². The SMILES string of the molecule is CCN1C[C@H](C)N(c2ccccc2C)C[C@H]1C. The van der Waals surface area contributed by atoms with E-state index >= 15 is 0 Å². The predicted molar refractivity (Wildman–Crippen MR) is 74.7 cm³/mol. The highest BCUT2D eigenvalue weighted by Crippen LogP contribution is 2.25. The van der Waals surface area contributed by atoms with Gasteiger partial charge in [-0.3, -0.25) is 4.90 Å². The summed E-state index contributed by atoms with van der Waals surface area (Å²) in [6.07, 6.45) is 0. The van der Waals surface area contributed by atoms with Crippen molar-refractivity contribution in [3.8, 4) is 0 Å². The van der Waals surface area contributed by atoms with E-state index in [0.717, 1.165) is 13.1 Å². The lowest BCUT2D eigenvalue weighted by atomic mass is 10.1. The van der Waals surface area contributed by atoms with Crippen molar-refractivity contribution >= 4 is 5.69 Å². The van der Waals surface area contributed by atoms with E-state index in [0.29, 0.717) is 12.1 Å². The minimum absolute atomic E-state index is 0.604. The molecule has 0 radical (unpaired) electrons. The van der Waals surface area contributed by atoms with Gasteiger partial charge >= 0.3 is 0 Å². The number of hydrogen-bond acceptors (Lipinski definition) is 2. The van der Waals surface area contributed by atoms with Gasteiger partial charge < -0.3 is 4.90 Å². The maximum Gasteiger partial charge on any atom is 0.0399 e. The number of nitrogens with zero attached hydrogens (tertiary/aromatic N) is 2. The molecular formula is C15H24N2. The second kappa shape index (κ2) is 5.09. The fraction of sp³-hybridized carbons (Fsp3) is 0.600.